The van der Waals surface area contributed by atoms with Gasteiger partial charge in [-0.3, -0.25) is 4.79 Å². The molecule has 3 rings (SSSR count). The first-order chi connectivity index (χ1) is 9.84. The normalized spacial score (nSPS) is 27.5. The molecule has 0 spiro atoms. The summed E-state index contributed by atoms with van der Waals surface area (Å²) in [6.07, 6.45) is 7.19. The average Bonchev–Trinajstić information content (AvgIpc) is 3.05. The summed E-state index contributed by atoms with van der Waals surface area (Å²) in [7, 11) is 0. The Morgan fingerprint density at radius 1 is 1.40 bits per heavy atom. The van der Waals surface area contributed by atoms with Crippen LogP contribution in [-0.4, -0.2) is 59.2 Å². The molecular weight excluding hydrogens is 256 g/mol. The van der Waals surface area contributed by atoms with E-state index in [-0.39, 0.29) is 17.9 Å². The second-order valence-corrected chi connectivity index (χ2v) is 5.53. The molecule has 1 aromatic heterocycles. The Kier molecular flexibility index (Phi) is 4.32. The fraction of sp³-hybridized carbons (Fsp3) is 0.714. The Hall–Kier alpha value is -1.40. The molecule has 3 heterocycles. The van der Waals surface area contributed by atoms with E-state index < -0.39 is 0 Å². The van der Waals surface area contributed by atoms with Crippen LogP contribution in [0, 0.1) is 5.92 Å². The van der Waals surface area contributed by atoms with Crippen molar-refractivity contribution in [3.05, 3.63) is 18.7 Å². The van der Waals surface area contributed by atoms with E-state index in [2.05, 4.69) is 10.3 Å². The Morgan fingerprint density at radius 2 is 2.35 bits per heavy atom. The summed E-state index contributed by atoms with van der Waals surface area (Å²) in [5.74, 6) is 0.421. The maximum atomic E-state index is 12.6. The standard InChI is InChI=1S/C14H22N4O2/c19-14(18-6-1-3-15-5-8-18)13-12(2-9-20-13)10-17-7-4-16-11-17/h4,7,11-13,15H,1-3,5-6,8-10H2/t12-,13-/m1/s1. The van der Waals surface area contributed by atoms with Gasteiger partial charge in [-0.2, -0.15) is 0 Å². The molecule has 2 atom stereocenters. The smallest absolute Gasteiger partial charge is 0.252 e. The van der Waals surface area contributed by atoms with Gasteiger partial charge in [-0.1, -0.05) is 0 Å². The Balaban J connectivity index is 1.63. The van der Waals surface area contributed by atoms with E-state index in [0.717, 1.165) is 45.6 Å². The van der Waals surface area contributed by atoms with Gasteiger partial charge in [0.15, 0.2) is 0 Å². The molecule has 2 aliphatic rings. The highest BCUT2D eigenvalue weighted by Crippen LogP contribution is 2.24. The molecule has 6 heteroatoms. The summed E-state index contributed by atoms with van der Waals surface area (Å²) in [6, 6.07) is 0. The van der Waals surface area contributed by atoms with Crippen molar-refractivity contribution in [1.29, 1.82) is 0 Å². The summed E-state index contributed by atoms with van der Waals surface area (Å²) in [4.78, 5) is 18.7. The zero-order chi connectivity index (χ0) is 13.8. The van der Waals surface area contributed by atoms with Gasteiger partial charge >= 0.3 is 0 Å². The molecule has 1 amide bonds. The van der Waals surface area contributed by atoms with Crippen LogP contribution in [0.5, 0.6) is 0 Å². The summed E-state index contributed by atoms with van der Waals surface area (Å²) in [6.45, 7) is 4.99. The molecule has 0 bridgehead atoms. The maximum Gasteiger partial charge on any atom is 0.252 e. The van der Waals surface area contributed by atoms with Crippen molar-refractivity contribution in [2.24, 2.45) is 5.92 Å². The van der Waals surface area contributed by atoms with Gasteiger partial charge in [-0.25, -0.2) is 4.98 Å². The van der Waals surface area contributed by atoms with Crippen molar-refractivity contribution in [1.82, 2.24) is 19.8 Å². The lowest BCUT2D eigenvalue weighted by Gasteiger charge is -2.26. The number of amides is 1. The Bertz CT molecular complexity index is 426. The summed E-state index contributed by atoms with van der Waals surface area (Å²) >= 11 is 0. The number of carbonyl (C=O) groups excluding carboxylic acids is 1. The molecule has 1 N–H and O–H groups in total. The molecule has 0 unspecified atom stereocenters. The van der Waals surface area contributed by atoms with Gasteiger partial charge in [0.25, 0.3) is 5.91 Å². The van der Waals surface area contributed by atoms with Gasteiger partial charge in [-0.05, 0) is 19.4 Å². The lowest BCUT2D eigenvalue weighted by Crippen LogP contribution is -2.44. The van der Waals surface area contributed by atoms with Crippen molar-refractivity contribution in [3.63, 3.8) is 0 Å². The van der Waals surface area contributed by atoms with Crippen LogP contribution in [0.15, 0.2) is 18.7 Å². The van der Waals surface area contributed by atoms with Gasteiger partial charge in [-0.15, -0.1) is 0 Å². The molecule has 6 nitrogen and oxygen atoms in total. The van der Waals surface area contributed by atoms with E-state index in [4.69, 9.17) is 4.74 Å². The minimum Gasteiger partial charge on any atom is -0.368 e. The van der Waals surface area contributed by atoms with Crippen LogP contribution in [-0.2, 0) is 16.1 Å². The van der Waals surface area contributed by atoms with Crippen molar-refractivity contribution < 1.29 is 9.53 Å². The van der Waals surface area contributed by atoms with Gasteiger partial charge < -0.3 is 19.5 Å². The third-order valence-electron chi connectivity index (χ3n) is 4.11. The molecule has 20 heavy (non-hydrogen) atoms. The van der Waals surface area contributed by atoms with Crippen molar-refractivity contribution in [3.8, 4) is 0 Å². The molecule has 2 saturated heterocycles. The average molecular weight is 278 g/mol. The maximum absolute atomic E-state index is 12.6. The number of imidazole rings is 1. The van der Waals surface area contributed by atoms with Crippen LogP contribution in [0.2, 0.25) is 0 Å². The number of aromatic nitrogens is 2. The fourth-order valence-corrected chi connectivity index (χ4v) is 3.01. The van der Waals surface area contributed by atoms with Crippen molar-refractivity contribution >= 4 is 5.91 Å². The number of nitrogens with one attached hydrogen (secondary N) is 1. The second kappa shape index (κ2) is 6.37. The lowest BCUT2D eigenvalue weighted by molar-refractivity contribution is -0.142. The molecule has 0 saturated carbocycles. The first-order valence-corrected chi connectivity index (χ1v) is 7.41. The number of nitrogens with zero attached hydrogens (tertiary/aromatic N) is 3. The van der Waals surface area contributed by atoms with E-state index in [1.807, 2.05) is 15.7 Å². The molecule has 2 fully saturated rings. The summed E-state index contributed by atoms with van der Waals surface area (Å²) < 4.78 is 7.76. The monoisotopic (exact) mass is 278 g/mol. The number of carbonyl (C=O) groups is 1. The highest BCUT2D eigenvalue weighted by atomic mass is 16.5. The topological polar surface area (TPSA) is 59.4 Å². The zero-order valence-electron chi connectivity index (χ0n) is 11.7. The predicted octanol–water partition coefficient (Wildman–Crippen LogP) is 0.110. The van der Waals surface area contributed by atoms with Crippen molar-refractivity contribution in [2.75, 3.05) is 32.8 Å². The highest BCUT2D eigenvalue weighted by molar-refractivity contribution is 5.81. The molecule has 2 aliphatic heterocycles. The molecular formula is C14H22N4O2. The van der Waals surface area contributed by atoms with E-state index in [1.54, 1.807) is 12.5 Å². The van der Waals surface area contributed by atoms with Gasteiger partial charge in [0.05, 0.1) is 6.33 Å². The number of hydrogen-bond donors (Lipinski definition) is 1. The third-order valence-corrected chi connectivity index (χ3v) is 4.11. The predicted molar refractivity (Wildman–Crippen MR) is 74.1 cm³/mol. The van der Waals surface area contributed by atoms with E-state index in [1.165, 1.54) is 0 Å². The number of ether oxygens (including phenoxy) is 1. The molecule has 110 valence electrons. The largest absolute Gasteiger partial charge is 0.368 e. The zero-order valence-corrected chi connectivity index (χ0v) is 11.7. The minimum atomic E-state index is -0.282. The lowest BCUT2D eigenvalue weighted by atomic mass is 10.00. The first-order valence-electron chi connectivity index (χ1n) is 7.41. The van der Waals surface area contributed by atoms with Crippen LogP contribution in [0.4, 0.5) is 0 Å². The van der Waals surface area contributed by atoms with E-state index >= 15 is 0 Å². The van der Waals surface area contributed by atoms with Crippen LogP contribution in [0.3, 0.4) is 0 Å². The van der Waals surface area contributed by atoms with Crippen LogP contribution >= 0.6 is 0 Å². The number of hydrogen-bond acceptors (Lipinski definition) is 4. The number of rotatable bonds is 3. The molecule has 0 aliphatic carbocycles. The first kappa shape index (κ1) is 13.6. The van der Waals surface area contributed by atoms with Crippen LogP contribution < -0.4 is 5.32 Å². The molecule has 0 aromatic carbocycles. The van der Waals surface area contributed by atoms with E-state index in [9.17, 15) is 4.79 Å². The van der Waals surface area contributed by atoms with Crippen molar-refractivity contribution in [2.45, 2.75) is 25.5 Å². The van der Waals surface area contributed by atoms with Crippen LogP contribution in [0.1, 0.15) is 12.8 Å². The minimum absolute atomic E-state index is 0.163. The highest BCUT2D eigenvalue weighted by Gasteiger charge is 2.36. The van der Waals surface area contributed by atoms with Gasteiger partial charge in [0.2, 0.25) is 0 Å². The quantitative estimate of drug-likeness (QED) is 0.852. The fourth-order valence-electron chi connectivity index (χ4n) is 3.01. The third kappa shape index (κ3) is 3.02. The van der Waals surface area contributed by atoms with E-state index in [0.29, 0.717) is 6.61 Å². The second-order valence-electron chi connectivity index (χ2n) is 5.53. The Labute approximate surface area is 119 Å². The summed E-state index contributed by atoms with van der Waals surface area (Å²) in [5, 5.41) is 3.32. The van der Waals surface area contributed by atoms with Gasteiger partial charge in [0.1, 0.15) is 6.10 Å². The summed E-state index contributed by atoms with van der Waals surface area (Å²) in [5.41, 5.74) is 0. The van der Waals surface area contributed by atoms with Crippen LogP contribution in [0.25, 0.3) is 0 Å². The Morgan fingerprint density at radius 3 is 3.20 bits per heavy atom. The van der Waals surface area contributed by atoms with Gasteiger partial charge in [0, 0.05) is 51.1 Å². The SMILES string of the molecule is O=C([C@@H]1OCC[C@@H]1Cn1ccnc1)N1CCCNCC1. The molecule has 1 aromatic rings. The molecule has 0 radical (unpaired) electrons.